The number of hydrogen-bond acceptors (Lipinski definition) is 12. The molecule has 23 heteroatoms. The van der Waals surface area contributed by atoms with Gasteiger partial charge in [-0.1, -0.05) is 63.2 Å². The van der Waals surface area contributed by atoms with Gasteiger partial charge in [0.2, 0.25) is 35.4 Å². The van der Waals surface area contributed by atoms with Crippen LogP contribution in [-0.2, 0) is 51.6 Å². The molecular weight excluding hydrogens is 1020 g/mol. The summed E-state index contributed by atoms with van der Waals surface area (Å²) >= 11 is 1.07. The Morgan fingerprint density at radius 1 is 0.921 bits per heavy atom. The zero-order chi connectivity index (χ0) is 54.0. The van der Waals surface area contributed by atoms with Crippen LogP contribution in [0.1, 0.15) is 97.3 Å². The number of piperidine rings is 1. The zero-order valence-corrected chi connectivity index (χ0v) is 44.3. The number of nitrogens with zero attached hydrogens (tertiary/aromatic N) is 6. The van der Waals surface area contributed by atoms with Crippen molar-refractivity contribution in [3.05, 3.63) is 105 Å². The molecule has 5 saturated heterocycles. The molecule has 10 rings (SSSR count). The van der Waals surface area contributed by atoms with Crippen LogP contribution in [0, 0.1) is 5.41 Å². The number of fused-ring (bicyclic) bond motifs is 4. The van der Waals surface area contributed by atoms with Crippen molar-refractivity contribution in [2.24, 2.45) is 12.5 Å². The minimum absolute atomic E-state index is 0.0987. The normalized spacial score (nSPS) is 24.3. The van der Waals surface area contributed by atoms with Crippen LogP contribution in [0.2, 0.25) is 0 Å². The van der Waals surface area contributed by atoms with Gasteiger partial charge in [0.25, 0.3) is 5.91 Å². The molecule has 76 heavy (non-hydrogen) atoms. The summed E-state index contributed by atoms with van der Waals surface area (Å²) in [6.45, 7) is 7.64. The van der Waals surface area contributed by atoms with Crippen molar-refractivity contribution in [2.45, 2.75) is 108 Å². The second-order valence-electron chi connectivity index (χ2n) is 21.7. The molecule has 0 radical (unpaired) electrons. The first-order valence-electron chi connectivity index (χ1n) is 25.6. The molecule has 4 unspecified atom stereocenters. The molecular formula is C53H62FN8O12PS. The van der Waals surface area contributed by atoms with Gasteiger partial charge in [-0.15, -0.1) is 11.3 Å². The summed E-state index contributed by atoms with van der Waals surface area (Å²) in [6.07, 6.45) is 0.917. The van der Waals surface area contributed by atoms with Gasteiger partial charge in [-0.3, -0.25) is 52.7 Å². The monoisotopic (exact) mass is 1080 g/mol. The highest BCUT2D eigenvalue weighted by Crippen LogP contribution is 2.53. The summed E-state index contributed by atoms with van der Waals surface area (Å²) in [4.78, 5) is 123. The number of nitrogens with one attached hydrogen (secondary N) is 2. The van der Waals surface area contributed by atoms with Crippen LogP contribution in [-0.4, -0.2) is 150 Å². The first kappa shape index (κ1) is 53.3. The van der Waals surface area contributed by atoms with Gasteiger partial charge in [0.15, 0.2) is 0 Å². The summed E-state index contributed by atoms with van der Waals surface area (Å²) in [5.74, 6) is -5.10. The fourth-order valence-electron chi connectivity index (χ4n) is 11.7. The van der Waals surface area contributed by atoms with E-state index in [0.717, 1.165) is 35.3 Å². The number of halogens is 1. The average Bonchev–Trinajstić information content (AvgIpc) is 4.15. The van der Waals surface area contributed by atoms with Crippen LogP contribution in [0.5, 0.6) is 0 Å². The highest BCUT2D eigenvalue weighted by molar-refractivity contribution is 7.51. The number of morpholine rings is 1. The maximum Gasteiger partial charge on any atom is 0.363 e. The SMILES string of the molecule is Cn1c(=O)n(C2CCC(=O)NC2=O)c2ccc(CN3CC4CCC(C3)N4C(=O)CO[C@@H]3CCN(C(=O)[C@@H](NC(=O)c4cc5cc(C(F)P(=O)(O)O)ccc5s4)C(C)(C)C)[C@@H]3C(=O)N3CCO[C@H](c4ccccc4)C3)cc21. The molecule has 0 spiro atoms. The van der Waals surface area contributed by atoms with Crippen LogP contribution in [0.25, 0.3) is 21.1 Å². The van der Waals surface area contributed by atoms with Crippen molar-refractivity contribution in [1.29, 1.82) is 0 Å². The van der Waals surface area contributed by atoms with E-state index in [1.54, 1.807) is 32.7 Å². The highest BCUT2D eigenvalue weighted by Gasteiger charge is 2.50. The molecule has 4 N–H and O–H groups in total. The number of aromatic nitrogens is 2. The highest BCUT2D eigenvalue weighted by atomic mass is 32.1. The molecule has 5 aliphatic heterocycles. The largest absolute Gasteiger partial charge is 0.370 e. The van der Waals surface area contributed by atoms with Gasteiger partial charge in [-0.25, -0.2) is 9.18 Å². The lowest BCUT2D eigenvalue weighted by Gasteiger charge is -2.41. The van der Waals surface area contributed by atoms with Gasteiger partial charge in [0, 0.05) is 63.0 Å². The van der Waals surface area contributed by atoms with E-state index in [1.165, 1.54) is 38.3 Å². The van der Waals surface area contributed by atoms with E-state index in [9.17, 15) is 47.5 Å². The molecule has 6 amide bonds. The molecule has 5 fully saturated rings. The number of rotatable bonds is 13. The molecule has 3 aromatic carbocycles. The fourth-order valence-corrected chi connectivity index (χ4v) is 13.2. The summed E-state index contributed by atoms with van der Waals surface area (Å²) in [5.41, 5.74) is 1.66. The Balaban J connectivity index is 0.837. The molecule has 7 heterocycles. The summed E-state index contributed by atoms with van der Waals surface area (Å²) in [7, 11) is -3.42. The number of aryl methyl sites for hydroxylation is 1. The van der Waals surface area contributed by atoms with Gasteiger partial charge < -0.3 is 39.3 Å². The fraction of sp³-hybridized carbons (Fsp3) is 0.491. The van der Waals surface area contributed by atoms with Crippen molar-refractivity contribution in [3.63, 3.8) is 0 Å². The standard InChI is InChI=1S/C53H62FN8O12PS/c1-53(2,3)46(56-49(66)42-24-33-23-32(11-16-41(33)76-42)47(54)75(70,71)72)51(68)60-19-18-39(45(60)50(67)59-20-21-73-40(28-59)31-8-6-5-7-9-31)74-29-44(64)61-34-12-13-35(61)27-58(26-34)25-30-10-14-36-38(22-30)57(4)52(69)62(36)37-15-17-43(63)55-48(37)65/h5-11,14,16,22-24,34-35,37,39-40,45-47H,12-13,15,17-21,25-29H2,1-4H3,(H,56,66)(H,55,63,65)(H2,70,71,72)/t34?,35?,37?,39-,40+,45+,46-,47?/m1/s1. The van der Waals surface area contributed by atoms with E-state index in [4.69, 9.17) is 9.47 Å². The summed E-state index contributed by atoms with van der Waals surface area (Å²) in [5, 5.41) is 5.64. The van der Waals surface area contributed by atoms with E-state index < -0.39 is 67.0 Å². The Labute approximate surface area is 441 Å². The number of alkyl halides is 1. The minimum atomic E-state index is -5.08. The van der Waals surface area contributed by atoms with Crippen molar-refractivity contribution in [3.8, 4) is 0 Å². The Hall–Kier alpha value is -6.13. The van der Waals surface area contributed by atoms with E-state index in [-0.39, 0.29) is 98.0 Å². The number of thiophene rings is 1. The molecule has 20 nitrogen and oxygen atoms in total. The Kier molecular flexibility index (Phi) is 14.7. The maximum absolute atomic E-state index is 15.0. The van der Waals surface area contributed by atoms with Crippen molar-refractivity contribution in [2.75, 3.05) is 45.9 Å². The van der Waals surface area contributed by atoms with Crippen molar-refractivity contribution >= 4 is 75.5 Å². The van der Waals surface area contributed by atoms with E-state index in [2.05, 4.69) is 15.5 Å². The molecule has 0 aliphatic carbocycles. The van der Waals surface area contributed by atoms with Gasteiger partial charge in [0.1, 0.15) is 30.8 Å². The third kappa shape index (κ3) is 10.5. The molecule has 2 bridgehead atoms. The summed E-state index contributed by atoms with van der Waals surface area (Å²) in [6, 6.07) is 17.5. The quantitative estimate of drug-likeness (QED) is 0.0952. The van der Waals surface area contributed by atoms with Gasteiger partial charge in [-0.05, 0) is 83.5 Å². The third-order valence-corrected chi connectivity index (χ3v) is 17.5. The molecule has 5 aromatic rings. The predicted molar refractivity (Wildman–Crippen MR) is 278 cm³/mol. The molecule has 2 aromatic heterocycles. The number of piperazine rings is 1. The number of hydrogen-bond donors (Lipinski definition) is 4. The smallest absolute Gasteiger partial charge is 0.363 e. The first-order chi connectivity index (χ1) is 36.1. The van der Waals surface area contributed by atoms with Crippen LogP contribution in [0.4, 0.5) is 4.39 Å². The van der Waals surface area contributed by atoms with Crippen molar-refractivity contribution < 1.29 is 57.0 Å². The number of imidazole rings is 1. The van der Waals surface area contributed by atoms with Gasteiger partial charge >= 0.3 is 13.3 Å². The number of likely N-dealkylation sites (tertiary alicyclic amines) is 2. The molecule has 404 valence electrons. The Bertz CT molecular complexity index is 3210. The van der Waals surface area contributed by atoms with Crippen LogP contribution in [0.3, 0.4) is 0 Å². The second kappa shape index (κ2) is 21.0. The lowest BCUT2D eigenvalue weighted by atomic mass is 9.85. The Morgan fingerprint density at radius 3 is 2.36 bits per heavy atom. The molecule has 5 aliphatic rings. The Morgan fingerprint density at radius 2 is 1.66 bits per heavy atom. The van der Waals surface area contributed by atoms with Crippen LogP contribution < -0.4 is 16.3 Å². The third-order valence-electron chi connectivity index (χ3n) is 15.5. The van der Waals surface area contributed by atoms with E-state index >= 15 is 4.79 Å². The lowest BCUT2D eigenvalue weighted by Crippen LogP contribution is -2.60. The lowest BCUT2D eigenvalue weighted by molar-refractivity contribution is -0.157. The van der Waals surface area contributed by atoms with Gasteiger partial charge in [-0.2, -0.15) is 0 Å². The number of carbonyl (C=O) groups is 6. The van der Waals surface area contributed by atoms with E-state index in [1.807, 2.05) is 53.4 Å². The number of carbonyl (C=O) groups excluding carboxylic acids is 6. The van der Waals surface area contributed by atoms with Crippen LogP contribution >= 0.6 is 18.9 Å². The second-order valence-corrected chi connectivity index (χ2v) is 24.4. The topological polar surface area (TPSA) is 242 Å². The minimum Gasteiger partial charge on any atom is -0.370 e. The number of amides is 6. The first-order valence-corrected chi connectivity index (χ1v) is 28.1. The maximum atomic E-state index is 15.0. The molecule has 8 atom stereocenters. The number of imide groups is 1. The molecule has 0 saturated carbocycles. The van der Waals surface area contributed by atoms with Crippen LogP contribution in [0.15, 0.2) is 77.6 Å². The number of ether oxygens (including phenoxy) is 2. The zero-order valence-electron chi connectivity index (χ0n) is 42.6. The number of benzene rings is 3. The van der Waals surface area contributed by atoms with Gasteiger partial charge in [0.05, 0.1) is 35.2 Å². The summed E-state index contributed by atoms with van der Waals surface area (Å²) < 4.78 is 42.4. The van der Waals surface area contributed by atoms with Crippen molar-refractivity contribution in [1.82, 2.24) is 39.4 Å². The average molecular weight is 1090 g/mol. The van der Waals surface area contributed by atoms with E-state index in [0.29, 0.717) is 40.8 Å². The predicted octanol–water partition coefficient (Wildman–Crippen LogP) is 4.28.